The van der Waals surface area contributed by atoms with Gasteiger partial charge in [-0.1, -0.05) is 12.6 Å². The van der Waals surface area contributed by atoms with Crippen molar-refractivity contribution in [3.8, 4) is 11.5 Å². The van der Waals surface area contributed by atoms with Crippen LogP contribution in [0.1, 0.15) is 5.56 Å². The molecule has 0 fully saturated rings. The van der Waals surface area contributed by atoms with Gasteiger partial charge < -0.3 is 21.1 Å². The maximum atomic E-state index is 9.25. The number of phenolic OH excluding ortho intramolecular Hbond substituents is 2. The fraction of sp³-hybridized carbons (Fsp3) is 0.182. The molecule has 0 aliphatic heterocycles. The van der Waals surface area contributed by atoms with Crippen molar-refractivity contribution in [2.45, 2.75) is 6.42 Å². The fourth-order valence-corrected chi connectivity index (χ4v) is 0.891. The predicted molar refractivity (Wildman–Crippen MR) is 60.4 cm³/mol. The van der Waals surface area contributed by atoms with E-state index in [0.29, 0.717) is 13.0 Å². The Morgan fingerprint density at radius 3 is 2.31 bits per heavy atom. The predicted octanol–water partition coefficient (Wildman–Crippen LogP) is 0.856. The fourth-order valence-electron chi connectivity index (χ4n) is 0.891. The minimum atomic E-state index is -0.981. The maximum Gasteiger partial charge on any atom is 0.327 e. The van der Waals surface area contributed by atoms with Crippen LogP contribution in [0.15, 0.2) is 30.9 Å². The average molecular weight is 225 g/mol. The molecule has 0 spiro atoms. The van der Waals surface area contributed by atoms with Gasteiger partial charge in [0.1, 0.15) is 0 Å². The third-order valence-corrected chi connectivity index (χ3v) is 1.65. The van der Waals surface area contributed by atoms with E-state index in [1.165, 1.54) is 12.1 Å². The van der Waals surface area contributed by atoms with Crippen molar-refractivity contribution in [2.75, 3.05) is 6.54 Å². The molecule has 0 saturated carbocycles. The van der Waals surface area contributed by atoms with Gasteiger partial charge in [-0.2, -0.15) is 0 Å². The number of hydrogen-bond acceptors (Lipinski definition) is 4. The second-order valence-electron chi connectivity index (χ2n) is 2.90. The summed E-state index contributed by atoms with van der Waals surface area (Å²) >= 11 is 0. The van der Waals surface area contributed by atoms with Gasteiger partial charge in [0.25, 0.3) is 0 Å². The van der Waals surface area contributed by atoms with Gasteiger partial charge >= 0.3 is 5.97 Å². The van der Waals surface area contributed by atoms with Crippen LogP contribution in [-0.2, 0) is 11.2 Å². The van der Waals surface area contributed by atoms with Crippen molar-refractivity contribution in [2.24, 2.45) is 5.73 Å². The Hall–Kier alpha value is -2.01. The minimum Gasteiger partial charge on any atom is -0.504 e. The standard InChI is InChI=1S/C8H11NO2.C3H4O2/c9-4-3-6-1-2-7(10)8(11)5-6;1-2-3(4)5/h1-2,5,10-11H,3-4,9H2;2H,1H2,(H,4,5). The molecule has 0 heterocycles. The van der Waals surface area contributed by atoms with Crippen LogP contribution in [0.25, 0.3) is 0 Å². The molecule has 0 atom stereocenters. The van der Waals surface area contributed by atoms with E-state index in [1.54, 1.807) is 6.07 Å². The number of phenols is 2. The highest BCUT2D eigenvalue weighted by Gasteiger charge is 1.98. The molecule has 5 N–H and O–H groups in total. The molecule has 5 heteroatoms. The Kier molecular flexibility index (Phi) is 6.39. The average Bonchev–Trinajstić information content (AvgIpc) is 2.25. The molecule has 1 rings (SSSR count). The van der Waals surface area contributed by atoms with Gasteiger partial charge in [0.05, 0.1) is 0 Å². The van der Waals surface area contributed by atoms with E-state index in [9.17, 15) is 4.79 Å². The van der Waals surface area contributed by atoms with Crippen molar-refractivity contribution >= 4 is 5.97 Å². The number of aromatic hydroxyl groups is 2. The lowest BCUT2D eigenvalue weighted by molar-refractivity contribution is -0.131. The second kappa shape index (κ2) is 7.30. The Balaban J connectivity index is 0.000000385. The van der Waals surface area contributed by atoms with Crippen LogP contribution in [0.5, 0.6) is 11.5 Å². The first-order chi connectivity index (χ1) is 7.51. The molecular formula is C11H15NO4. The van der Waals surface area contributed by atoms with Gasteiger partial charge in [0.2, 0.25) is 0 Å². The van der Waals surface area contributed by atoms with Crippen molar-refractivity contribution in [3.63, 3.8) is 0 Å². The largest absolute Gasteiger partial charge is 0.504 e. The lowest BCUT2D eigenvalue weighted by Gasteiger charge is -2.00. The zero-order valence-electron chi connectivity index (χ0n) is 8.76. The minimum absolute atomic E-state index is 0.0871. The van der Waals surface area contributed by atoms with E-state index in [0.717, 1.165) is 11.6 Å². The first-order valence-electron chi connectivity index (χ1n) is 4.57. The van der Waals surface area contributed by atoms with Gasteiger partial charge in [-0.15, -0.1) is 0 Å². The van der Waals surface area contributed by atoms with Crippen molar-refractivity contribution < 1.29 is 20.1 Å². The summed E-state index contributed by atoms with van der Waals surface area (Å²) in [5.41, 5.74) is 6.24. The number of aliphatic carboxylic acids is 1. The molecule has 0 saturated heterocycles. The Bertz CT molecular complexity index is 363. The van der Waals surface area contributed by atoms with Gasteiger partial charge in [-0.3, -0.25) is 0 Å². The summed E-state index contributed by atoms with van der Waals surface area (Å²) < 4.78 is 0. The van der Waals surface area contributed by atoms with Crippen LogP contribution in [0.2, 0.25) is 0 Å². The smallest absolute Gasteiger partial charge is 0.327 e. The number of rotatable bonds is 3. The SMILES string of the molecule is C=CC(=O)O.NCCc1ccc(O)c(O)c1. The van der Waals surface area contributed by atoms with Crippen LogP contribution in [-0.4, -0.2) is 27.8 Å². The molecule has 0 radical (unpaired) electrons. The molecule has 0 aliphatic rings. The zero-order valence-corrected chi connectivity index (χ0v) is 8.76. The van der Waals surface area contributed by atoms with Crippen LogP contribution >= 0.6 is 0 Å². The summed E-state index contributed by atoms with van der Waals surface area (Å²) in [6, 6.07) is 4.71. The Labute approximate surface area is 93.5 Å². The molecular weight excluding hydrogens is 210 g/mol. The third-order valence-electron chi connectivity index (χ3n) is 1.65. The zero-order chi connectivity index (χ0) is 12.6. The summed E-state index contributed by atoms with van der Waals surface area (Å²) in [6.07, 6.45) is 1.55. The molecule has 16 heavy (non-hydrogen) atoms. The number of carboxylic acids is 1. The number of benzene rings is 1. The number of nitrogens with two attached hydrogens (primary N) is 1. The van der Waals surface area contributed by atoms with Crippen molar-refractivity contribution in [3.05, 3.63) is 36.4 Å². The topological polar surface area (TPSA) is 104 Å². The summed E-state index contributed by atoms with van der Waals surface area (Å²) in [5.74, 6) is -1.16. The third kappa shape index (κ3) is 5.66. The lowest BCUT2D eigenvalue weighted by atomic mass is 10.1. The van der Waals surface area contributed by atoms with Gasteiger partial charge in [0, 0.05) is 6.08 Å². The second-order valence-corrected chi connectivity index (χ2v) is 2.90. The van der Waals surface area contributed by atoms with Crippen molar-refractivity contribution in [1.82, 2.24) is 0 Å². The van der Waals surface area contributed by atoms with E-state index in [4.69, 9.17) is 21.1 Å². The van der Waals surface area contributed by atoms with Crippen LogP contribution in [0, 0.1) is 0 Å². The molecule has 0 aromatic heterocycles. The summed E-state index contributed by atoms with van der Waals surface area (Å²) in [6.45, 7) is 3.51. The first kappa shape index (κ1) is 14.0. The van der Waals surface area contributed by atoms with Crippen LogP contribution < -0.4 is 5.73 Å². The number of carboxylic acid groups (broad SMARTS) is 1. The highest BCUT2D eigenvalue weighted by atomic mass is 16.4. The van der Waals surface area contributed by atoms with E-state index in [2.05, 4.69) is 6.58 Å². The van der Waals surface area contributed by atoms with E-state index in [-0.39, 0.29) is 11.5 Å². The molecule has 88 valence electrons. The molecule has 0 unspecified atom stereocenters. The summed E-state index contributed by atoms with van der Waals surface area (Å²) in [4.78, 5) is 9.25. The van der Waals surface area contributed by atoms with E-state index in [1.807, 2.05) is 0 Å². The van der Waals surface area contributed by atoms with Gasteiger partial charge in [-0.05, 0) is 30.7 Å². The van der Waals surface area contributed by atoms with Crippen LogP contribution in [0.4, 0.5) is 0 Å². The molecule has 1 aromatic rings. The molecule has 0 amide bonds. The number of carbonyl (C=O) groups is 1. The van der Waals surface area contributed by atoms with Crippen molar-refractivity contribution in [1.29, 1.82) is 0 Å². The normalized spacial score (nSPS) is 8.81. The summed E-state index contributed by atoms with van der Waals surface area (Å²) in [5, 5.41) is 25.6. The summed E-state index contributed by atoms with van der Waals surface area (Å²) in [7, 11) is 0. The molecule has 0 bridgehead atoms. The van der Waals surface area contributed by atoms with Crippen LogP contribution in [0.3, 0.4) is 0 Å². The highest BCUT2D eigenvalue weighted by molar-refractivity contribution is 5.78. The highest BCUT2D eigenvalue weighted by Crippen LogP contribution is 2.24. The first-order valence-corrected chi connectivity index (χ1v) is 4.57. The Morgan fingerprint density at radius 2 is 1.94 bits per heavy atom. The Morgan fingerprint density at radius 1 is 1.38 bits per heavy atom. The van der Waals surface area contributed by atoms with Gasteiger partial charge in [0.15, 0.2) is 11.5 Å². The maximum absolute atomic E-state index is 9.25. The molecule has 5 nitrogen and oxygen atoms in total. The molecule has 1 aromatic carbocycles. The number of hydrogen-bond donors (Lipinski definition) is 4. The lowest BCUT2D eigenvalue weighted by Crippen LogP contribution is -2.02. The van der Waals surface area contributed by atoms with E-state index >= 15 is 0 Å². The van der Waals surface area contributed by atoms with E-state index < -0.39 is 5.97 Å². The van der Waals surface area contributed by atoms with Gasteiger partial charge in [-0.25, -0.2) is 4.79 Å². The quantitative estimate of drug-likeness (QED) is 0.451. The monoisotopic (exact) mass is 225 g/mol. The molecule has 0 aliphatic carbocycles.